The molecule has 0 saturated heterocycles. The van der Waals surface area contributed by atoms with Crippen molar-refractivity contribution < 1.29 is 18.7 Å². The molecule has 39 heavy (non-hydrogen) atoms. The van der Waals surface area contributed by atoms with Gasteiger partial charge < -0.3 is 9.15 Å². The molecule has 1 atom stereocenters. The zero-order valence-corrected chi connectivity index (χ0v) is 23.2. The molecule has 1 aliphatic rings. The molecule has 198 valence electrons. The van der Waals surface area contributed by atoms with Crippen LogP contribution in [0.3, 0.4) is 0 Å². The van der Waals surface area contributed by atoms with E-state index in [9.17, 15) is 14.4 Å². The summed E-state index contributed by atoms with van der Waals surface area (Å²) in [6.45, 7) is 7.51. The number of ketones is 1. The number of methoxy groups -OCH3 is 1. The highest BCUT2D eigenvalue weighted by Crippen LogP contribution is 2.31. The van der Waals surface area contributed by atoms with E-state index < -0.39 is 12.0 Å². The van der Waals surface area contributed by atoms with Crippen molar-refractivity contribution in [2.24, 2.45) is 4.99 Å². The van der Waals surface area contributed by atoms with Gasteiger partial charge in [-0.25, -0.2) is 9.79 Å². The van der Waals surface area contributed by atoms with Crippen molar-refractivity contribution in [1.29, 1.82) is 0 Å². The maximum atomic E-state index is 13.8. The fraction of sp³-hybridized carbons (Fsp3) is 0.226. The molecule has 8 heteroatoms. The van der Waals surface area contributed by atoms with E-state index in [-0.39, 0.29) is 11.3 Å². The van der Waals surface area contributed by atoms with Gasteiger partial charge in [0.15, 0.2) is 10.6 Å². The second kappa shape index (κ2) is 10.5. The molecular formula is C31H28N2O5S. The summed E-state index contributed by atoms with van der Waals surface area (Å²) in [4.78, 5) is 43.3. The number of esters is 1. The van der Waals surface area contributed by atoms with E-state index in [1.165, 1.54) is 25.4 Å². The van der Waals surface area contributed by atoms with Crippen LogP contribution in [0.2, 0.25) is 0 Å². The highest BCUT2D eigenvalue weighted by molar-refractivity contribution is 7.07. The fourth-order valence-corrected chi connectivity index (χ4v) is 5.68. The maximum Gasteiger partial charge on any atom is 0.338 e. The second-order valence-corrected chi connectivity index (χ2v) is 10.7. The molecule has 2 aromatic heterocycles. The first-order chi connectivity index (χ1) is 18.7. The molecule has 2 aromatic carbocycles. The maximum absolute atomic E-state index is 13.8. The Kier molecular flexibility index (Phi) is 7.06. The number of hydrogen-bond donors (Lipinski definition) is 0. The number of benzene rings is 2. The zero-order chi connectivity index (χ0) is 27.8. The minimum Gasteiger partial charge on any atom is -0.466 e. The Hall–Kier alpha value is -4.30. The molecule has 0 fully saturated rings. The lowest BCUT2D eigenvalue weighted by atomic mass is 9.93. The molecule has 4 aromatic rings. The van der Waals surface area contributed by atoms with Crippen LogP contribution < -0.4 is 14.9 Å². The number of ether oxygens (including phenoxy) is 1. The Morgan fingerprint density at radius 3 is 2.36 bits per heavy atom. The molecule has 0 aliphatic carbocycles. The summed E-state index contributed by atoms with van der Waals surface area (Å²) in [5.74, 6) is 0.958. The van der Waals surface area contributed by atoms with Crippen molar-refractivity contribution in [3.05, 3.63) is 114 Å². The third kappa shape index (κ3) is 4.95. The van der Waals surface area contributed by atoms with Crippen LogP contribution in [0.1, 0.15) is 66.9 Å². The van der Waals surface area contributed by atoms with Crippen molar-refractivity contribution in [2.45, 2.75) is 39.7 Å². The zero-order valence-electron chi connectivity index (χ0n) is 22.3. The minimum atomic E-state index is -0.663. The molecule has 0 saturated carbocycles. The average Bonchev–Trinajstić information content (AvgIpc) is 3.52. The molecule has 1 unspecified atom stereocenters. The Morgan fingerprint density at radius 2 is 1.74 bits per heavy atom. The van der Waals surface area contributed by atoms with Gasteiger partial charge in [-0.15, -0.1) is 0 Å². The highest BCUT2D eigenvalue weighted by Gasteiger charge is 2.33. The Labute approximate surface area is 229 Å². The number of thiazole rings is 1. The molecule has 0 spiro atoms. The Morgan fingerprint density at radius 1 is 1.05 bits per heavy atom. The fourth-order valence-electron chi connectivity index (χ4n) is 4.66. The van der Waals surface area contributed by atoms with E-state index in [1.807, 2.05) is 42.5 Å². The lowest BCUT2D eigenvalue weighted by Gasteiger charge is -2.24. The topological polar surface area (TPSA) is 90.9 Å². The van der Waals surface area contributed by atoms with Gasteiger partial charge in [0.25, 0.3) is 5.56 Å². The van der Waals surface area contributed by atoms with E-state index in [0.717, 1.165) is 16.7 Å². The molecule has 1 aliphatic heterocycles. The number of nitrogens with zero attached hydrogens (tertiary/aromatic N) is 2. The average molecular weight is 541 g/mol. The molecule has 0 amide bonds. The number of hydrogen-bond acceptors (Lipinski definition) is 7. The van der Waals surface area contributed by atoms with Gasteiger partial charge in [-0.3, -0.25) is 14.2 Å². The van der Waals surface area contributed by atoms with Gasteiger partial charge in [0.2, 0.25) is 0 Å². The van der Waals surface area contributed by atoms with Gasteiger partial charge in [-0.1, -0.05) is 73.7 Å². The highest BCUT2D eigenvalue weighted by atomic mass is 32.1. The first kappa shape index (κ1) is 26.3. The standard InChI is InChI=1S/C31H28N2O5S/c1-17(2)20-6-12-23(13-7-20)28-27(30(36)37-5)18(3)32-31-33(28)29(35)26(39-31)16-24-14-15-25(38-24)22-10-8-21(9-11-22)19(4)34/h6-17,28H,1-5H3/b26-16-. The normalized spacial score (nSPS) is 15.3. The number of Topliss-reactive ketones (excluding diaryl/α,β-unsaturated/α-hetero) is 1. The summed E-state index contributed by atoms with van der Waals surface area (Å²) >= 11 is 1.24. The van der Waals surface area contributed by atoms with Crippen LogP contribution in [0.5, 0.6) is 0 Å². The van der Waals surface area contributed by atoms with E-state index in [4.69, 9.17) is 9.15 Å². The van der Waals surface area contributed by atoms with Crippen LogP contribution in [0.15, 0.2) is 86.1 Å². The predicted molar refractivity (Wildman–Crippen MR) is 150 cm³/mol. The number of carbonyl (C=O) groups excluding carboxylic acids is 2. The summed E-state index contributed by atoms with van der Waals surface area (Å²) in [5.41, 5.74) is 4.00. The van der Waals surface area contributed by atoms with Gasteiger partial charge in [-0.2, -0.15) is 0 Å². The number of fused-ring (bicyclic) bond motifs is 1. The molecule has 7 nitrogen and oxygen atoms in total. The summed E-state index contributed by atoms with van der Waals surface area (Å²) in [5, 5.41) is 0. The number of carbonyl (C=O) groups is 2. The number of furan rings is 1. The summed E-state index contributed by atoms with van der Waals surface area (Å²) in [7, 11) is 1.33. The third-order valence-corrected chi connectivity index (χ3v) is 7.80. The van der Waals surface area contributed by atoms with Gasteiger partial charge in [0.05, 0.1) is 29.0 Å². The molecular weight excluding hydrogens is 512 g/mol. The van der Waals surface area contributed by atoms with Crippen LogP contribution >= 0.6 is 11.3 Å². The molecule has 3 heterocycles. The van der Waals surface area contributed by atoms with Crippen molar-refractivity contribution in [3.63, 3.8) is 0 Å². The largest absolute Gasteiger partial charge is 0.466 e. The summed E-state index contributed by atoms with van der Waals surface area (Å²) in [6, 6.07) is 18.1. The minimum absolute atomic E-state index is 0.00294. The number of allylic oxidation sites excluding steroid dienone is 1. The Bertz CT molecular complexity index is 1780. The molecule has 0 N–H and O–H groups in total. The predicted octanol–water partition coefficient (Wildman–Crippen LogP) is 4.99. The van der Waals surface area contributed by atoms with E-state index in [2.05, 4.69) is 18.8 Å². The van der Waals surface area contributed by atoms with Gasteiger partial charge in [-0.05, 0) is 43.0 Å². The van der Waals surface area contributed by atoms with Crippen LogP contribution in [0.4, 0.5) is 0 Å². The van der Waals surface area contributed by atoms with Crippen LogP contribution in [0.25, 0.3) is 17.4 Å². The van der Waals surface area contributed by atoms with Crippen LogP contribution in [-0.4, -0.2) is 23.4 Å². The first-order valence-corrected chi connectivity index (χ1v) is 13.4. The van der Waals surface area contributed by atoms with E-state index in [0.29, 0.717) is 43.6 Å². The first-order valence-electron chi connectivity index (χ1n) is 12.6. The number of rotatable bonds is 6. The quantitative estimate of drug-likeness (QED) is 0.254. The summed E-state index contributed by atoms with van der Waals surface area (Å²) in [6.07, 6.45) is 1.69. The summed E-state index contributed by atoms with van der Waals surface area (Å²) < 4.78 is 13.1. The lowest BCUT2D eigenvalue weighted by molar-refractivity contribution is -0.136. The van der Waals surface area contributed by atoms with Crippen molar-refractivity contribution >= 4 is 29.2 Å². The van der Waals surface area contributed by atoms with Crippen molar-refractivity contribution in [3.8, 4) is 11.3 Å². The smallest absolute Gasteiger partial charge is 0.338 e. The van der Waals surface area contributed by atoms with Gasteiger partial charge in [0.1, 0.15) is 11.5 Å². The third-order valence-electron chi connectivity index (χ3n) is 6.82. The second-order valence-electron chi connectivity index (χ2n) is 9.73. The number of aromatic nitrogens is 1. The van der Waals surface area contributed by atoms with Crippen molar-refractivity contribution in [1.82, 2.24) is 4.57 Å². The van der Waals surface area contributed by atoms with E-state index in [1.54, 1.807) is 35.8 Å². The molecule has 0 bridgehead atoms. The lowest BCUT2D eigenvalue weighted by Crippen LogP contribution is -2.39. The van der Waals surface area contributed by atoms with Crippen LogP contribution in [-0.2, 0) is 9.53 Å². The SMILES string of the molecule is COC(=O)C1=C(C)N=c2s/c(=C\c3ccc(-c4ccc(C(C)=O)cc4)o3)c(=O)n2C1c1ccc(C(C)C)cc1. The Balaban J connectivity index is 1.59. The van der Waals surface area contributed by atoms with Crippen molar-refractivity contribution in [2.75, 3.05) is 7.11 Å². The molecule has 5 rings (SSSR count). The van der Waals surface area contributed by atoms with Crippen LogP contribution in [0, 0.1) is 0 Å². The molecule has 0 radical (unpaired) electrons. The van der Waals surface area contributed by atoms with E-state index >= 15 is 0 Å². The van der Waals surface area contributed by atoms with Gasteiger partial charge in [0, 0.05) is 17.2 Å². The van der Waals surface area contributed by atoms with Gasteiger partial charge >= 0.3 is 5.97 Å². The monoisotopic (exact) mass is 540 g/mol.